The van der Waals surface area contributed by atoms with Gasteiger partial charge in [-0.25, -0.2) is 9.97 Å². The van der Waals surface area contributed by atoms with E-state index in [2.05, 4.69) is 52.3 Å². The van der Waals surface area contributed by atoms with Gasteiger partial charge in [0.05, 0.1) is 0 Å². The second-order valence-electron chi connectivity index (χ2n) is 5.71. The summed E-state index contributed by atoms with van der Waals surface area (Å²) in [4.78, 5) is 11.4. The number of anilines is 2. The Morgan fingerprint density at radius 1 is 1.42 bits per heavy atom. The molecule has 0 spiro atoms. The van der Waals surface area contributed by atoms with Crippen molar-refractivity contribution in [2.45, 2.75) is 33.7 Å². The van der Waals surface area contributed by atoms with Crippen molar-refractivity contribution in [3.8, 4) is 0 Å². The van der Waals surface area contributed by atoms with E-state index in [4.69, 9.17) is 0 Å². The maximum absolute atomic E-state index is 4.59. The van der Waals surface area contributed by atoms with Crippen LogP contribution in [0.1, 0.15) is 26.6 Å². The number of hydrogen-bond acceptors (Lipinski definition) is 5. The minimum atomic E-state index is 0.381. The van der Waals surface area contributed by atoms with E-state index in [0.29, 0.717) is 12.0 Å². The summed E-state index contributed by atoms with van der Waals surface area (Å²) in [5, 5.41) is 6.82. The summed E-state index contributed by atoms with van der Waals surface area (Å²) in [7, 11) is 0. The molecule has 1 aromatic heterocycles. The van der Waals surface area contributed by atoms with E-state index in [1.54, 1.807) is 0 Å². The summed E-state index contributed by atoms with van der Waals surface area (Å²) in [5.41, 5.74) is 0. The molecule has 5 nitrogen and oxygen atoms in total. The fourth-order valence-electron chi connectivity index (χ4n) is 2.39. The second-order valence-corrected chi connectivity index (χ2v) is 5.71. The molecule has 1 aromatic rings. The van der Waals surface area contributed by atoms with Crippen LogP contribution >= 0.6 is 0 Å². The minimum Gasteiger partial charge on any atom is -0.368 e. The van der Waals surface area contributed by atoms with Gasteiger partial charge in [0.15, 0.2) is 0 Å². The average Bonchev–Trinajstić information content (AvgIpc) is 2.52. The van der Waals surface area contributed by atoms with Crippen molar-refractivity contribution in [2.75, 3.05) is 36.4 Å². The molecular formula is C14H25N5. The molecule has 0 bridgehead atoms. The summed E-state index contributed by atoms with van der Waals surface area (Å²) < 4.78 is 0. The van der Waals surface area contributed by atoms with E-state index in [9.17, 15) is 0 Å². The zero-order valence-electron chi connectivity index (χ0n) is 12.4. The number of nitrogens with zero attached hydrogens (tertiary/aromatic N) is 3. The van der Waals surface area contributed by atoms with Crippen LogP contribution in [-0.2, 0) is 0 Å². The molecule has 106 valence electrons. The molecule has 1 atom stereocenters. The van der Waals surface area contributed by atoms with Crippen molar-refractivity contribution in [1.82, 2.24) is 15.3 Å². The van der Waals surface area contributed by atoms with E-state index in [-0.39, 0.29) is 0 Å². The zero-order valence-corrected chi connectivity index (χ0v) is 12.4. The number of hydrogen-bond donors (Lipinski definition) is 2. The van der Waals surface area contributed by atoms with E-state index in [1.165, 1.54) is 0 Å². The van der Waals surface area contributed by atoms with Gasteiger partial charge in [-0.1, -0.05) is 6.92 Å². The van der Waals surface area contributed by atoms with Crippen LogP contribution in [0.2, 0.25) is 0 Å². The second kappa shape index (κ2) is 6.19. The van der Waals surface area contributed by atoms with Gasteiger partial charge in [-0.15, -0.1) is 0 Å². The Hall–Kier alpha value is -1.36. The SMILES string of the molecule is Cc1nc(NC(C)C)cc(N2CCNCC(C)C2)n1. The van der Waals surface area contributed by atoms with Gasteiger partial charge in [-0.05, 0) is 33.2 Å². The topological polar surface area (TPSA) is 53.1 Å². The lowest BCUT2D eigenvalue weighted by Crippen LogP contribution is -2.30. The number of rotatable bonds is 3. The van der Waals surface area contributed by atoms with Gasteiger partial charge in [-0.3, -0.25) is 0 Å². The molecule has 0 amide bonds. The monoisotopic (exact) mass is 263 g/mol. The summed E-state index contributed by atoms with van der Waals surface area (Å²) in [6.45, 7) is 12.6. The van der Waals surface area contributed by atoms with Gasteiger partial charge in [0, 0.05) is 31.7 Å². The first-order valence-corrected chi connectivity index (χ1v) is 7.12. The number of nitrogens with one attached hydrogen (secondary N) is 2. The molecule has 5 heteroatoms. The van der Waals surface area contributed by atoms with E-state index >= 15 is 0 Å². The smallest absolute Gasteiger partial charge is 0.134 e. The minimum absolute atomic E-state index is 0.381. The highest BCUT2D eigenvalue weighted by molar-refractivity contribution is 5.50. The molecule has 1 aliphatic rings. The lowest BCUT2D eigenvalue weighted by Gasteiger charge is -2.24. The summed E-state index contributed by atoms with van der Waals surface area (Å²) in [6, 6.07) is 2.44. The van der Waals surface area contributed by atoms with Crippen LogP contribution in [0, 0.1) is 12.8 Å². The number of aryl methyl sites for hydroxylation is 1. The Bertz CT molecular complexity index is 418. The normalized spacial score (nSPS) is 20.5. The third-order valence-electron chi connectivity index (χ3n) is 3.17. The average molecular weight is 263 g/mol. The molecular weight excluding hydrogens is 238 g/mol. The molecule has 0 aromatic carbocycles. The van der Waals surface area contributed by atoms with Crippen molar-refractivity contribution >= 4 is 11.6 Å². The van der Waals surface area contributed by atoms with Gasteiger partial charge in [0.25, 0.3) is 0 Å². The van der Waals surface area contributed by atoms with Crippen molar-refractivity contribution in [2.24, 2.45) is 5.92 Å². The van der Waals surface area contributed by atoms with Crippen LogP contribution in [0.4, 0.5) is 11.6 Å². The van der Waals surface area contributed by atoms with Gasteiger partial charge < -0.3 is 15.5 Å². The maximum Gasteiger partial charge on any atom is 0.134 e. The predicted octanol–water partition coefficient (Wildman–Crippen LogP) is 1.65. The standard InChI is InChI=1S/C14H25N5/c1-10(2)16-13-7-14(18-12(4)17-13)19-6-5-15-8-11(3)9-19/h7,10-11,15H,5-6,8-9H2,1-4H3,(H,16,17,18). The molecule has 1 aliphatic heterocycles. The van der Waals surface area contributed by atoms with Gasteiger partial charge in [0.1, 0.15) is 17.5 Å². The van der Waals surface area contributed by atoms with Gasteiger partial charge >= 0.3 is 0 Å². The Labute approximate surface area is 115 Å². The first-order valence-electron chi connectivity index (χ1n) is 7.12. The van der Waals surface area contributed by atoms with Crippen LogP contribution < -0.4 is 15.5 Å². The Morgan fingerprint density at radius 3 is 2.95 bits per heavy atom. The lowest BCUT2D eigenvalue weighted by atomic mass is 10.2. The molecule has 0 radical (unpaired) electrons. The van der Waals surface area contributed by atoms with Crippen LogP contribution in [0.3, 0.4) is 0 Å². The van der Waals surface area contributed by atoms with Crippen LogP contribution in [-0.4, -0.2) is 42.2 Å². The zero-order chi connectivity index (χ0) is 13.8. The third kappa shape index (κ3) is 4.06. The molecule has 2 rings (SSSR count). The van der Waals surface area contributed by atoms with Crippen molar-refractivity contribution in [3.05, 3.63) is 11.9 Å². The first-order chi connectivity index (χ1) is 9.04. The van der Waals surface area contributed by atoms with E-state index in [0.717, 1.165) is 43.6 Å². The maximum atomic E-state index is 4.59. The quantitative estimate of drug-likeness (QED) is 0.868. The molecule has 2 heterocycles. The molecule has 1 unspecified atom stereocenters. The molecule has 2 N–H and O–H groups in total. The predicted molar refractivity (Wildman–Crippen MR) is 79.8 cm³/mol. The van der Waals surface area contributed by atoms with Gasteiger partial charge in [-0.2, -0.15) is 0 Å². The van der Waals surface area contributed by atoms with Crippen LogP contribution in [0.25, 0.3) is 0 Å². The first kappa shape index (κ1) is 14.1. The molecule has 0 aliphatic carbocycles. The number of aromatic nitrogens is 2. The van der Waals surface area contributed by atoms with Crippen LogP contribution in [0.5, 0.6) is 0 Å². The summed E-state index contributed by atoms with van der Waals surface area (Å²) in [6.07, 6.45) is 0. The van der Waals surface area contributed by atoms with E-state index in [1.807, 2.05) is 6.92 Å². The van der Waals surface area contributed by atoms with Crippen molar-refractivity contribution in [3.63, 3.8) is 0 Å². The Kier molecular flexibility index (Phi) is 4.58. The highest BCUT2D eigenvalue weighted by atomic mass is 15.2. The van der Waals surface area contributed by atoms with Crippen molar-refractivity contribution < 1.29 is 0 Å². The Morgan fingerprint density at radius 2 is 2.21 bits per heavy atom. The van der Waals surface area contributed by atoms with Crippen LogP contribution in [0.15, 0.2) is 6.07 Å². The van der Waals surface area contributed by atoms with Crippen molar-refractivity contribution in [1.29, 1.82) is 0 Å². The fraction of sp³-hybridized carbons (Fsp3) is 0.714. The lowest BCUT2D eigenvalue weighted by molar-refractivity contribution is 0.562. The molecule has 0 saturated carbocycles. The fourth-order valence-corrected chi connectivity index (χ4v) is 2.39. The summed E-state index contributed by atoms with van der Waals surface area (Å²) >= 11 is 0. The summed E-state index contributed by atoms with van der Waals surface area (Å²) in [5.74, 6) is 3.42. The van der Waals surface area contributed by atoms with E-state index < -0.39 is 0 Å². The molecule has 19 heavy (non-hydrogen) atoms. The van der Waals surface area contributed by atoms with Gasteiger partial charge in [0.2, 0.25) is 0 Å². The largest absolute Gasteiger partial charge is 0.368 e. The highest BCUT2D eigenvalue weighted by Gasteiger charge is 2.16. The molecule has 1 saturated heterocycles. The molecule has 1 fully saturated rings. The highest BCUT2D eigenvalue weighted by Crippen LogP contribution is 2.18. The third-order valence-corrected chi connectivity index (χ3v) is 3.17. The Balaban J connectivity index is 2.20.